The zero-order valence-electron chi connectivity index (χ0n) is 12.4. The van der Waals surface area contributed by atoms with E-state index in [2.05, 4.69) is 0 Å². The summed E-state index contributed by atoms with van der Waals surface area (Å²) < 4.78 is 0. The summed E-state index contributed by atoms with van der Waals surface area (Å²) in [6, 6.07) is 9.83. The van der Waals surface area contributed by atoms with E-state index in [1.807, 2.05) is 45.0 Å². The summed E-state index contributed by atoms with van der Waals surface area (Å²) in [5.41, 5.74) is 5.10. The van der Waals surface area contributed by atoms with Crippen molar-refractivity contribution in [3.05, 3.63) is 58.1 Å². The third-order valence-electron chi connectivity index (χ3n) is 3.92. The molecule has 0 saturated carbocycles. The Morgan fingerprint density at radius 2 is 1.50 bits per heavy atom. The lowest BCUT2D eigenvalue weighted by atomic mass is 9.98. The van der Waals surface area contributed by atoms with Gasteiger partial charge in [-0.25, -0.2) is 0 Å². The van der Waals surface area contributed by atoms with Crippen LogP contribution in [-0.4, -0.2) is 10.2 Å². The van der Waals surface area contributed by atoms with E-state index < -0.39 is 0 Å². The van der Waals surface area contributed by atoms with Gasteiger partial charge in [0.2, 0.25) is 0 Å². The van der Waals surface area contributed by atoms with Crippen molar-refractivity contribution in [1.29, 1.82) is 0 Å². The first-order chi connectivity index (χ1) is 9.49. The highest BCUT2D eigenvalue weighted by molar-refractivity contribution is 5.44. The Morgan fingerprint density at radius 3 is 2.20 bits per heavy atom. The molecule has 20 heavy (non-hydrogen) atoms. The number of hydrogen-bond acceptors (Lipinski definition) is 2. The van der Waals surface area contributed by atoms with E-state index in [0.717, 1.165) is 47.1 Å². The Hall–Kier alpha value is -1.96. The van der Waals surface area contributed by atoms with E-state index in [1.54, 1.807) is 6.07 Å². The van der Waals surface area contributed by atoms with Crippen LogP contribution in [0.1, 0.15) is 34.2 Å². The summed E-state index contributed by atoms with van der Waals surface area (Å²) in [7, 11) is 0. The Kier molecular flexibility index (Phi) is 4.33. The smallest absolute Gasteiger partial charge is 0.121 e. The Balaban J connectivity index is 2.01. The molecule has 0 bridgehead atoms. The van der Waals surface area contributed by atoms with Crippen LogP contribution in [0.25, 0.3) is 0 Å². The second-order valence-electron chi connectivity index (χ2n) is 5.50. The van der Waals surface area contributed by atoms with E-state index >= 15 is 0 Å². The van der Waals surface area contributed by atoms with E-state index in [-0.39, 0.29) is 0 Å². The number of phenolic OH excluding ortho intramolecular Hbond substituents is 2. The molecular formula is C18H22O2. The van der Waals surface area contributed by atoms with Gasteiger partial charge in [-0.3, -0.25) is 0 Å². The number of phenols is 2. The minimum absolute atomic E-state index is 0.370. The van der Waals surface area contributed by atoms with Crippen molar-refractivity contribution in [1.82, 2.24) is 0 Å². The van der Waals surface area contributed by atoms with Crippen LogP contribution >= 0.6 is 0 Å². The maximum Gasteiger partial charge on any atom is 0.121 e. The molecule has 2 aromatic carbocycles. The topological polar surface area (TPSA) is 40.5 Å². The first kappa shape index (κ1) is 14.4. The molecule has 0 spiro atoms. The van der Waals surface area contributed by atoms with Crippen molar-refractivity contribution in [2.75, 3.05) is 0 Å². The lowest BCUT2D eigenvalue weighted by molar-refractivity contribution is 0.460. The van der Waals surface area contributed by atoms with E-state index in [4.69, 9.17) is 0 Å². The molecule has 0 saturated heterocycles. The van der Waals surface area contributed by atoms with E-state index in [0.29, 0.717) is 11.5 Å². The SMILES string of the molecule is Cc1ccc(CCCc2ccc(C)c(C)c2O)c(O)c1. The van der Waals surface area contributed by atoms with Gasteiger partial charge in [0.1, 0.15) is 11.5 Å². The third kappa shape index (κ3) is 3.13. The highest BCUT2D eigenvalue weighted by Gasteiger charge is 2.07. The van der Waals surface area contributed by atoms with Crippen LogP contribution in [0.2, 0.25) is 0 Å². The van der Waals surface area contributed by atoms with Gasteiger partial charge in [-0.1, -0.05) is 24.3 Å². The quantitative estimate of drug-likeness (QED) is 0.874. The van der Waals surface area contributed by atoms with Gasteiger partial charge in [-0.2, -0.15) is 0 Å². The molecule has 106 valence electrons. The summed E-state index contributed by atoms with van der Waals surface area (Å²) >= 11 is 0. The molecule has 2 nitrogen and oxygen atoms in total. The summed E-state index contributed by atoms with van der Waals surface area (Å²) in [6.07, 6.45) is 2.55. The van der Waals surface area contributed by atoms with Crippen LogP contribution in [0, 0.1) is 20.8 Å². The van der Waals surface area contributed by atoms with Crippen molar-refractivity contribution >= 4 is 0 Å². The number of aryl methyl sites for hydroxylation is 4. The van der Waals surface area contributed by atoms with Crippen molar-refractivity contribution in [3.63, 3.8) is 0 Å². The number of aromatic hydroxyl groups is 2. The van der Waals surface area contributed by atoms with Gasteiger partial charge in [0.15, 0.2) is 0 Å². The maximum absolute atomic E-state index is 10.1. The molecule has 0 heterocycles. The first-order valence-electron chi connectivity index (χ1n) is 7.05. The minimum atomic E-state index is 0.370. The number of rotatable bonds is 4. The van der Waals surface area contributed by atoms with Crippen LogP contribution in [0.4, 0.5) is 0 Å². The molecule has 0 aliphatic rings. The molecule has 0 amide bonds. The Morgan fingerprint density at radius 1 is 0.850 bits per heavy atom. The number of hydrogen-bond donors (Lipinski definition) is 2. The second kappa shape index (κ2) is 6.00. The molecular weight excluding hydrogens is 248 g/mol. The molecule has 0 radical (unpaired) electrons. The maximum atomic E-state index is 10.1. The predicted molar refractivity (Wildman–Crippen MR) is 82.4 cm³/mol. The predicted octanol–water partition coefficient (Wildman–Crippen LogP) is 4.20. The Bertz CT molecular complexity index is 615. The fraction of sp³-hybridized carbons (Fsp3) is 0.333. The van der Waals surface area contributed by atoms with Gasteiger partial charge in [0.25, 0.3) is 0 Å². The molecule has 0 unspecified atom stereocenters. The molecule has 0 fully saturated rings. The second-order valence-corrected chi connectivity index (χ2v) is 5.50. The summed E-state index contributed by atoms with van der Waals surface area (Å²) in [5.74, 6) is 0.785. The highest BCUT2D eigenvalue weighted by atomic mass is 16.3. The molecule has 2 aromatic rings. The summed E-state index contributed by atoms with van der Waals surface area (Å²) in [5, 5.41) is 20.0. The molecule has 0 aliphatic carbocycles. The van der Waals surface area contributed by atoms with Crippen LogP contribution in [0.15, 0.2) is 30.3 Å². The van der Waals surface area contributed by atoms with Gasteiger partial charge >= 0.3 is 0 Å². The Labute approximate surface area is 120 Å². The normalized spacial score (nSPS) is 10.8. The largest absolute Gasteiger partial charge is 0.508 e. The first-order valence-corrected chi connectivity index (χ1v) is 7.05. The van der Waals surface area contributed by atoms with Crippen LogP contribution < -0.4 is 0 Å². The van der Waals surface area contributed by atoms with E-state index in [9.17, 15) is 10.2 Å². The summed E-state index contributed by atoms with van der Waals surface area (Å²) in [4.78, 5) is 0. The molecule has 2 N–H and O–H groups in total. The number of benzene rings is 2. The van der Waals surface area contributed by atoms with E-state index in [1.165, 1.54) is 0 Å². The van der Waals surface area contributed by atoms with Crippen molar-refractivity contribution in [2.45, 2.75) is 40.0 Å². The fourth-order valence-electron chi connectivity index (χ4n) is 2.41. The zero-order valence-corrected chi connectivity index (χ0v) is 12.4. The van der Waals surface area contributed by atoms with Gasteiger partial charge in [0, 0.05) is 0 Å². The van der Waals surface area contributed by atoms with Crippen molar-refractivity contribution in [2.24, 2.45) is 0 Å². The molecule has 2 heteroatoms. The lowest BCUT2D eigenvalue weighted by Gasteiger charge is -2.10. The van der Waals surface area contributed by atoms with Gasteiger partial charge in [-0.05, 0) is 73.9 Å². The molecule has 0 aromatic heterocycles. The van der Waals surface area contributed by atoms with Crippen molar-refractivity contribution < 1.29 is 10.2 Å². The average Bonchev–Trinajstić information content (AvgIpc) is 2.41. The van der Waals surface area contributed by atoms with Gasteiger partial charge in [-0.15, -0.1) is 0 Å². The monoisotopic (exact) mass is 270 g/mol. The minimum Gasteiger partial charge on any atom is -0.508 e. The molecule has 2 rings (SSSR count). The average molecular weight is 270 g/mol. The highest BCUT2D eigenvalue weighted by Crippen LogP contribution is 2.27. The standard InChI is InChI=1S/C18H22O2/c1-12-7-9-15(17(19)11-12)5-4-6-16-10-8-13(2)14(3)18(16)20/h7-11,19-20H,4-6H2,1-3H3. The summed E-state index contributed by atoms with van der Waals surface area (Å²) in [6.45, 7) is 5.92. The van der Waals surface area contributed by atoms with Gasteiger partial charge in [0.05, 0.1) is 0 Å². The van der Waals surface area contributed by atoms with Crippen molar-refractivity contribution in [3.8, 4) is 11.5 Å². The van der Waals surface area contributed by atoms with Crippen LogP contribution in [-0.2, 0) is 12.8 Å². The molecule has 0 atom stereocenters. The zero-order chi connectivity index (χ0) is 14.7. The fourth-order valence-corrected chi connectivity index (χ4v) is 2.41. The third-order valence-corrected chi connectivity index (χ3v) is 3.92. The molecule has 0 aliphatic heterocycles. The lowest BCUT2D eigenvalue weighted by Crippen LogP contribution is -1.94. The van der Waals surface area contributed by atoms with Crippen LogP contribution in [0.5, 0.6) is 11.5 Å². The van der Waals surface area contributed by atoms with Crippen LogP contribution in [0.3, 0.4) is 0 Å². The van der Waals surface area contributed by atoms with Gasteiger partial charge < -0.3 is 10.2 Å².